The Kier molecular flexibility index (Phi) is 3.34. The molecular weight excluding hydrogens is 202 g/mol. The molecule has 16 heavy (non-hydrogen) atoms. The Balaban J connectivity index is 2.09. The third-order valence-electron chi connectivity index (χ3n) is 2.70. The van der Waals surface area contributed by atoms with E-state index < -0.39 is 0 Å². The van der Waals surface area contributed by atoms with Gasteiger partial charge < -0.3 is 14.8 Å². The average molecular weight is 221 g/mol. The topological polar surface area (TPSA) is 30.5 Å². The Morgan fingerprint density at radius 2 is 2.31 bits per heavy atom. The molecule has 1 aliphatic heterocycles. The van der Waals surface area contributed by atoms with Gasteiger partial charge in [-0.1, -0.05) is 13.8 Å². The third kappa shape index (κ3) is 2.30. The predicted molar refractivity (Wildman–Crippen MR) is 64.1 cm³/mol. The van der Waals surface area contributed by atoms with Crippen molar-refractivity contribution in [1.29, 1.82) is 0 Å². The molecule has 1 heterocycles. The van der Waals surface area contributed by atoms with Crippen LogP contribution in [-0.2, 0) is 0 Å². The first-order chi connectivity index (χ1) is 7.70. The van der Waals surface area contributed by atoms with Gasteiger partial charge in [0.2, 0.25) is 0 Å². The van der Waals surface area contributed by atoms with Gasteiger partial charge in [-0.15, -0.1) is 0 Å². The third-order valence-corrected chi connectivity index (χ3v) is 2.70. The molecule has 0 saturated heterocycles. The van der Waals surface area contributed by atoms with E-state index in [0.29, 0.717) is 18.6 Å². The van der Waals surface area contributed by atoms with Crippen LogP contribution < -0.4 is 14.8 Å². The van der Waals surface area contributed by atoms with E-state index in [1.807, 2.05) is 19.2 Å². The molecule has 1 aliphatic rings. The molecule has 1 aromatic carbocycles. The molecular formula is C13H19NO2. The van der Waals surface area contributed by atoms with E-state index in [1.54, 1.807) is 0 Å². The molecule has 1 atom stereocenters. The quantitative estimate of drug-likeness (QED) is 0.846. The van der Waals surface area contributed by atoms with Crippen molar-refractivity contribution in [3.63, 3.8) is 0 Å². The molecule has 0 amide bonds. The standard InChI is InChI=1S/C13H19NO2/c1-9(2)7-15-10-4-5-11-12(14-3)8-16-13(11)6-10/h4-6,9,12,14H,7-8H2,1-3H3. The summed E-state index contributed by atoms with van der Waals surface area (Å²) in [7, 11) is 1.95. The second kappa shape index (κ2) is 4.74. The average Bonchev–Trinajstić information content (AvgIpc) is 2.68. The van der Waals surface area contributed by atoms with Crippen LogP contribution in [0, 0.1) is 5.92 Å². The summed E-state index contributed by atoms with van der Waals surface area (Å²) in [6.07, 6.45) is 0. The Labute approximate surface area is 96.8 Å². The Hall–Kier alpha value is -1.22. The number of likely N-dealkylation sites (N-methyl/N-ethyl adjacent to an activating group) is 1. The lowest BCUT2D eigenvalue weighted by atomic mass is 10.1. The highest BCUT2D eigenvalue weighted by molar-refractivity contribution is 5.44. The van der Waals surface area contributed by atoms with Gasteiger partial charge in [-0.25, -0.2) is 0 Å². The highest BCUT2D eigenvalue weighted by Crippen LogP contribution is 2.35. The molecule has 1 unspecified atom stereocenters. The fourth-order valence-electron chi connectivity index (χ4n) is 1.78. The number of hydrogen-bond donors (Lipinski definition) is 1. The van der Waals surface area contributed by atoms with Gasteiger partial charge in [0.25, 0.3) is 0 Å². The van der Waals surface area contributed by atoms with Gasteiger partial charge in [0.15, 0.2) is 0 Å². The second-order valence-electron chi connectivity index (χ2n) is 4.56. The van der Waals surface area contributed by atoms with E-state index in [9.17, 15) is 0 Å². The summed E-state index contributed by atoms with van der Waals surface area (Å²) in [6.45, 7) is 5.73. The molecule has 0 fully saturated rings. The molecule has 3 nitrogen and oxygen atoms in total. The van der Waals surface area contributed by atoms with E-state index in [4.69, 9.17) is 9.47 Å². The normalized spacial score (nSPS) is 18.4. The summed E-state index contributed by atoms with van der Waals surface area (Å²) in [5, 5.41) is 3.22. The lowest BCUT2D eigenvalue weighted by Crippen LogP contribution is -2.17. The first-order valence-corrected chi connectivity index (χ1v) is 5.77. The summed E-state index contributed by atoms with van der Waals surface area (Å²) in [5.74, 6) is 2.38. The maximum Gasteiger partial charge on any atom is 0.127 e. The zero-order valence-electron chi connectivity index (χ0n) is 10.1. The molecule has 2 rings (SSSR count). The van der Waals surface area contributed by atoms with Crippen molar-refractivity contribution in [3.05, 3.63) is 23.8 Å². The maximum atomic E-state index is 5.66. The lowest BCUT2D eigenvalue weighted by Gasteiger charge is -2.10. The largest absolute Gasteiger partial charge is 0.493 e. The summed E-state index contributed by atoms with van der Waals surface area (Å²) < 4.78 is 11.3. The smallest absolute Gasteiger partial charge is 0.127 e. The van der Waals surface area contributed by atoms with Crippen molar-refractivity contribution in [2.75, 3.05) is 20.3 Å². The van der Waals surface area contributed by atoms with E-state index in [-0.39, 0.29) is 0 Å². The van der Waals surface area contributed by atoms with Gasteiger partial charge in [-0.05, 0) is 25.1 Å². The Morgan fingerprint density at radius 1 is 1.50 bits per heavy atom. The first kappa shape index (κ1) is 11.3. The minimum atomic E-state index is 0.314. The Morgan fingerprint density at radius 3 is 3.00 bits per heavy atom. The first-order valence-electron chi connectivity index (χ1n) is 5.77. The lowest BCUT2D eigenvalue weighted by molar-refractivity contribution is 0.268. The molecule has 0 saturated carbocycles. The van der Waals surface area contributed by atoms with Crippen molar-refractivity contribution in [1.82, 2.24) is 5.32 Å². The van der Waals surface area contributed by atoms with Gasteiger partial charge in [-0.3, -0.25) is 0 Å². The van der Waals surface area contributed by atoms with Crippen LogP contribution in [-0.4, -0.2) is 20.3 Å². The molecule has 1 aromatic rings. The molecule has 3 heteroatoms. The van der Waals surface area contributed by atoms with Gasteiger partial charge in [0, 0.05) is 11.6 Å². The van der Waals surface area contributed by atoms with Crippen molar-refractivity contribution in [3.8, 4) is 11.5 Å². The van der Waals surface area contributed by atoms with Crippen LogP contribution in [0.15, 0.2) is 18.2 Å². The zero-order chi connectivity index (χ0) is 11.5. The van der Waals surface area contributed by atoms with E-state index in [0.717, 1.165) is 18.1 Å². The minimum absolute atomic E-state index is 0.314. The SMILES string of the molecule is CNC1COc2cc(OCC(C)C)ccc21. The summed E-state index contributed by atoms with van der Waals surface area (Å²) in [5.41, 5.74) is 1.22. The molecule has 0 aromatic heterocycles. The number of nitrogens with one attached hydrogen (secondary N) is 1. The van der Waals surface area contributed by atoms with Crippen LogP contribution in [0.25, 0.3) is 0 Å². The van der Waals surface area contributed by atoms with Crippen LogP contribution in [0.2, 0.25) is 0 Å². The molecule has 0 spiro atoms. The van der Waals surface area contributed by atoms with Crippen LogP contribution in [0.1, 0.15) is 25.5 Å². The van der Waals surface area contributed by atoms with Gasteiger partial charge in [0.05, 0.1) is 12.6 Å². The summed E-state index contributed by atoms with van der Waals surface area (Å²) >= 11 is 0. The number of benzene rings is 1. The highest BCUT2D eigenvalue weighted by atomic mass is 16.5. The van der Waals surface area contributed by atoms with Crippen molar-refractivity contribution in [2.45, 2.75) is 19.9 Å². The van der Waals surface area contributed by atoms with Crippen molar-refractivity contribution < 1.29 is 9.47 Å². The predicted octanol–water partition coefficient (Wildman–Crippen LogP) is 2.37. The molecule has 1 N–H and O–H groups in total. The monoisotopic (exact) mass is 221 g/mol. The number of rotatable bonds is 4. The molecule has 0 radical (unpaired) electrons. The van der Waals surface area contributed by atoms with Gasteiger partial charge in [0.1, 0.15) is 18.1 Å². The van der Waals surface area contributed by atoms with Crippen LogP contribution in [0.3, 0.4) is 0 Å². The number of ether oxygens (including phenoxy) is 2. The van der Waals surface area contributed by atoms with E-state index in [2.05, 4.69) is 25.2 Å². The Bertz CT molecular complexity index is 363. The van der Waals surface area contributed by atoms with Crippen molar-refractivity contribution in [2.24, 2.45) is 5.92 Å². The van der Waals surface area contributed by atoms with Crippen LogP contribution >= 0.6 is 0 Å². The molecule has 0 aliphatic carbocycles. The summed E-state index contributed by atoms with van der Waals surface area (Å²) in [4.78, 5) is 0. The van der Waals surface area contributed by atoms with Crippen LogP contribution in [0.4, 0.5) is 0 Å². The van der Waals surface area contributed by atoms with E-state index >= 15 is 0 Å². The number of fused-ring (bicyclic) bond motifs is 1. The summed E-state index contributed by atoms with van der Waals surface area (Å²) in [6, 6.07) is 6.39. The fraction of sp³-hybridized carbons (Fsp3) is 0.538. The second-order valence-corrected chi connectivity index (χ2v) is 4.56. The minimum Gasteiger partial charge on any atom is -0.493 e. The highest BCUT2D eigenvalue weighted by Gasteiger charge is 2.22. The van der Waals surface area contributed by atoms with Gasteiger partial charge in [-0.2, -0.15) is 0 Å². The number of hydrogen-bond acceptors (Lipinski definition) is 3. The fourth-order valence-corrected chi connectivity index (χ4v) is 1.78. The zero-order valence-corrected chi connectivity index (χ0v) is 10.1. The van der Waals surface area contributed by atoms with E-state index in [1.165, 1.54) is 5.56 Å². The molecule has 0 bridgehead atoms. The van der Waals surface area contributed by atoms with Crippen LogP contribution in [0.5, 0.6) is 11.5 Å². The van der Waals surface area contributed by atoms with Gasteiger partial charge >= 0.3 is 0 Å². The van der Waals surface area contributed by atoms with Crippen molar-refractivity contribution >= 4 is 0 Å². The maximum absolute atomic E-state index is 5.66. The molecule has 88 valence electrons.